The minimum absolute atomic E-state index is 0.727. The van der Waals surface area contributed by atoms with Crippen LogP contribution in [0.4, 0.5) is 0 Å². The van der Waals surface area contributed by atoms with Gasteiger partial charge in [-0.15, -0.1) is 0 Å². The van der Waals surface area contributed by atoms with Crippen molar-refractivity contribution in [1.82, 2.24) is 9.97 Å². The van der Waals surface area contributed by atoms with Crippen LogP contribution in [-0.4, -0.2) is 17.1 Å². The Balaban J connectivity index is 1.53. The molecule has 3 aliphatic carbocycles. The smallest absolute Gasteiger partial charge is 0.121 e. The summed E-state index contributed by atoms with van der Waals surface area (Å²) >= 11 is 0. The number of aromatic amines is 1. The lowest BCUT2D eigenvalue weighted by Gasteiger charge is -2.05. The molecular weight excluding hydrogens is 236 g/mol. The Kier molecular flexibility index (Phi) is 1.80. The van der Waals surface area contributed by atoms with E-state index < -0.39 is 0 Å². The molecule has 4 atom stereocenters. The number of benzene rings is 1. The second-order valence-electron chi connectivity index (χ2n) is 6.52. The Hall–Kier alpha value is -1.51. The monoisotopic (exact) mass is 254 g/mol. The number of methoxy groups -OCH3 is 1. The standard InChI is InChI=1S/C16H18N2O/c1-19-10-4-5-11-12(7-10)18-16(17-11)15-13-8-2-3-9(6-8)14(13)15/h4-5,7-9,13-15H,2-3,6H2,1H3,(H,17,18). The molecule has 1 aromatic carbocycles. The lowest BCUT2D eigenvalue weighted by atomic mass is 10.0. The summed E-state index contributed by atoms with van der Waals surface area (Å²) < 4.78 is 5.28. The van der Waals surface area contributed by atoms with Crippen LogP contribution in [0.3, 0.4) is 0 Å². The van der Waals surface area contributed by atoms with E-state index in [1.54, 1.807) is 7.11 Å². The van der Waals surface area contributed by atoms with E-state index in [-0.39, 0.29) is 0 Å². The van der Waals surface area contributed by atoms with Crippen molar-refractivity contribution < 1.29 is 4.74 Å². The van der Waals surface area contributed by atoms with Crippen molar-refractivity contribution in [2.24, 2.45) is 23.7 Å². The van der Waals surface area contributed by atoms with Gasteiger partial charge >= 0.3 is 0 Å². The van der Waals surface area contributed by atoms with Gasteiger partial charge in [-0.3, -0.25) is 0 Å². The van der Waals surface area contributed by atoms with Crippen molar-refractivity contribution in [3.8, 4) is 5.75 Å². The maximum absolute atomic E-state index is 5.28. The van der Waals surface area contributed by atoms with Crippen molar-refractivity contribution >= 4 is 11.0 Å². The average molecular weight is 254 g/mol. The van der Waals surface area contributed by atoms with E-state index in [2.05, 4.69) is 17.1 Å². The molecule has 2 bridgehead atoms. The van der Waals surface area contributed by atoms with E-state index in [1.165, 1.54) is 25.1 Å². The van der Waals surface area contributed by atoms with Gasteiger partial charge in [-0.05, 0) is 55.1 Å². The van der Waals surface area contributed by atoms with E-state index in [4.69, 9.17) is 9.72 Å². The molecule has 3 aliphatic rings. The third-order valence-electron chi connectivity index (χ3n) is 5.76. The normalized spacial score (nSPS) is 38.7. The molecule has 3 heteroatoms. The first kappa shape index (κ1) is 10.3. The van der Waals surface area contributed by atoms with Crippen LogP contribution in [0.15, 0.2) is 18.2 Å². The lowest BCUT2D eigenvalue weighted by Crippen LogP contribution is -1.98. The second-order valence-corrected chi connectivity index (χ2v) is 6.52. The number of aromatic nitrogens is 2. The topological polar surface area (TPSA) is 37.9 Å². The summed E-state index contributed by atoms with van der Waals surface area (Å²) in [4.78, 5) is 8.36. The maximum Gasteiger partial charge on any atom is 0.121 e. The molecule has 1 aromatic heterocycles. The highest BCUT2D eigenvalue weighted by molar-refractivity contribution is 5.77. The molecule has 4 unspecified atom stereocenters. The number of hydrogen-bond acceptors (Lipinski definition) is 2. The van der Waals surface area contributed by atoms with Crippen molar-refractivity contribution in [1.29, 1.82) is 0 Å². The highest BCUT2D eigenvalue weighted by Crippen LogP contribution is 2.72. The fourth-order valence-electron chi connectivity index (χ4n) is 4.98. The Morgan fingerprint density at radius 2 is 2.00 bits per heavy atom. The Morgan fingerprint density at radius 3 is 2.74 bits per heavy atom. The van der Waals surface area contributed by atoms with Gasteiger partial charge in [-0.1, -0.05) is 0 Å². The number of nitrogens with zero attached hydrogens (tertiary/aromatic N) is 1. The highest BCUT2D eigenvalue weighted by Gasteiger charge is 2.66. The first-order valence-electron chi connectivity index (χ1n) is 7.39. The molecule has 3 nitrogen and oxygen atoms in total. The number of imidazole rings is 1. The van der Waals surface area contributed by atoms with Gasteiger partial charge < -0.3 is 9.72 Å². The van der Waals surface area contributed by atoms with Crippen molar-refractivity contribution in [3.63, 3.8) is 0 Å². The third-order valence-corrected chi connectivity index (χ3v) is 5.76. The molecule has 3 fully saturated rings. The molecule has 0 saturated heterocycles. The third kappa shape index (κ3) is 1.26. The van der Waals surface area contributed by atoms with Gasteiger partial charge in [0, 0.05) is 12.0 Å². The largest absolute Gasteiger partial charge is 0.497 e. The summed E-state index contributed by atoms with van der Waals surface area (Å²) in [5, 5.41) is 0. The van der Waals surface area contributed by atoms with E-state index in [9.17, 15) is 0 Å². The minimum atomic E-state index is 0.727. The van der Waals surface area contributed by atoms with Crippen LogP contribution in [0.5, 0.6) is 5.75 Å². The van der Waals surface area contributed by atoms with Crippen LogP contribution < -0.4 is 4.74 Å². The van der Waals surface area contributed by atoms with Crippen LogP contribution in [0.2, 0.25) is 0 Å². The van der Waals surface area contributed by atoms with Gasteiger partial charge in [0.15, 0.2) is 0 Å². The summed E-state index contributed by atoms with van der Waals surface area (Å²) in [5.41, 5.74) is 2.19. The van der Waals surface area contributed by atoms with E-state index in [0.29, 0.717) is 0 Å². The first-order chi connectivity index (χ1) is 9.35. The zero-order valence-corrected chi connectivity index (χ0v) is 11.1. The molecule has 19 heavy (non-hydrogen) atoms. The molecule has 0 amide bonds. The number of rotatable bonds is 2. The first-order valence-corrected chi connectivity index (χ1v) is 7.39. The molecule has 3 saturated carbocycles. The molecule has 98 valence electrons. The molecule has 0 spiro atoms. The zero-order chi connectivity index (χ0) is 12.6. The Morgan fingerprint density at radius 1 is 1.21 bits per heavy atom. The summed E-state index contributed by atoms with van der Waals surface area (Å²) in [6.45, 7) is 0. The van der Waals surface area contributed by atoms with Gasteiger partial charge in [0.25, 0.3) is 0 Å². The SMILES string of the molecule is COc1ccc2nc(C3C4C5CCC(C5)C34)[nH]c2c1. The van der Waals surface area contributed by atoms with Gasteiger partial charge in [0.1, 0.15) is 11.6 Å². The summed E-state index contributed by atoms with van der Waals surface area (Å²) in [5.74, 6) is 6.76. The van der Waals surface area contributed by atoms with Crippen molar-refractivity contribution in [2.45, 2.75) is 25.2 Å². The zero-order valence-electron chi connectivity index (χ0n) is 11.1. The van der Waals surface area contributed by atoms with Crippen LogP contribution in [0.25, 0.3) is 11.0 Å². The predicted molar refractivity (Wildman–Crippen MR) is 73.2 cm³/mol. The van der Waals surface area contributed by atoms with Gasteiger partial charge in [-0.25, -0.2) is 4.98 Å². The Bertz CT molecular complexity index is 646. The van der Waals surface area contributed by atoms with Crippen LogP contribution in [-0.2, 0) is 0 Å². The van der Waals surface area contributed by atoms with E-state index in [0.717, 1.165) is 46.4 Å². The highest BCUT2D eigenvalue weighted by atomic mass is 16.5. The molecular formula is C16H18N2O. The number of ether oxygens (including phenoxy) is 1. The minimum Gasteiger partial charge on any atom is -0.497 e. The van der Waals surface area contributed by atoms with Crippen molar-refractivity contribution in [2.75, 3.05) is 7.11 Å². The molecule has 0 radical (unpaired) electrons. The van der Waals surface area contributed by atoms with E-state index >= 15 is 0 Å². The summed E-state index contributed by atoms with van der Waals surface area (Å²) in [7, 11) is 1.71. The Labute approximate surface area is 112 Å². The number of hydrogen-bond donors (Lipinski definition) is 1. The lowest BCUT2D eigenvalue weighted by molar-refractivity contribution is 0.415. The summed E-state index contributed by atoms with van der Waals surface area (Å²) in [6, 6.07) is 6.10. The van der Waals surface area contributed by atoms with Crippen molar-refractivity contribution in [3.05, 3.63) is 24.0 Å². The second kappa shape index (κ2) is 3.33. The predicted octanol–water partition coefficient (Wildman–Crippen LogP) is 3.33. The average Bonchev–Trinajstić information content (AvgIpc) is 2.82. The number of fused-ring (bicyclic) bond motifs is 6. The number of H-pyrrole nitrogens is 1. The van der Waals surface area contributed by atoms with Crippen LogP contribution >= 0.6 is 0 Å². The van der Waals surface area contributed by atoms with Gasteiger partial charge in [0.2, 0.25) is 0 Å². The fourth-order valence-corrected chi connectivity index (χ4v) is 4.98. The number of nitrogens with one attached hydrogen (secondary N) is 1. The van der Waals surface area contributed by atoms with Gasteiger partial charge in [0.05, 0.1) is 18.1 Å². The summed E-state index contributed by atoms with van der Waals surface area (Å²) in [6.07, 6.45) is 4.44. The quantitative estimate of drug-likeness (QED) is 0.892. The molecule has 5 rings (SSSR count). The fraction of sp³-hybridized carbons (Fsp3) is 0.562. The maximum atomic E-state index is 5.28. The molecule has 2 aromatic rings. The van der Waals surface area contributed by atoms with E-state index in [1.807, 2.05) is 6.07 Å². The van der Waals surface area contributed by atoms with Crippen LogP contribution in [0.1, 0.15) is 31.0 Å². The van der Waals surface area contributed by atoms with Gasteiger partial charge in [-0.2, -0.15) is 0 Å². The van der Waals surface area contributed by atoms with Crippen LogP contribution in [0, 0.1) is 23.7 Å². The molecule has 0 aliphatic heterocycles. The molecule has 1 heterocycles. The molecule has 1 N–H and O–H groups in total.